The Balaban J connectivity index is 2.21. The van der Waals surface area contributed by atoms with Crippen molar-refractivity contribution in [2.24, 2.45) is 0 Å². The van der Waals surface area contributed by atoms with E-state index >= 15 is 0 Å². The van der Waals surface area contributed by atoms with Crippen LogP contribution in [0, 0.1) is 6.92 Å². The molecule has 0 spiro atoms. The number of hydrogen-bond acceptors (Lipinski definition) is 3. The zero-order valence-corrected chi connectivity index (χ0v) is 11.1. The minimum Gasteiger partial charge on any atom is -0.496 e. The maximum Gasteiger partial charge on any atom is 0.122 e. The summed E-state index contributed by atoms with van der Waals surface area (Å²) < 4.78 is 10.8. The fourth-order valence-electron chi connectivity index (χ4n) is 2.07. The van der Waals surface area contributed by atoms with Gasteiger partial charge < -0.3 is 14.5 Å². The molecule has 0 aliphatic carbocycles. The summed E-state index contributed by atoms with van der Waals surface area (Å²) in [4.78, 5) is 0. The van der Waals surface area contributed by atoms with Gasteiger partial charge in [0.25, 0.3) is 0 Å². The van der Waals surface area contributed by atoms with Crippen molar-refractivity contribution in [2.75, 3.05) is 14.2 Å². The van der Waals surface area contributed by atoms with Crippen molar-refractivity contribution in [1.82, 2.24) is 5.32 Å². The zero-order chi connectivity index (χ0) is 13.0. The van der Waals surface area contributed by atoms with Gasteiger partial charge in [-0.1, -0.05) is 12.1 Å². The number of hydrogen-bond donors (Lipinski definition) is 1. The molecule has 18 heavy (non-hydrogen) atoms. The zero-order valence-electron chi connectivity index (χ0n) is 11.1. The Morgan fingerprint density at radius 2 is 2.17 bits per heavy atom. The molecule has 1 heterocycles. The number of ether oxygens (including phenoxy) is 1. The quantitative estimate of drug-likeness (QED) is 0.879. The van der Waals surface area contributed by atoms with Crippen LogP contribution >= 0.6 is 0 Å². The lowest BCUT2D eigenvalue weighted by Crippen LogP contribution is -2.18. The fourth-order valence-corrected chi connectivity index (χ4v) is 2.07. The molecule has 1 atom stereocenters. The summed E-state index contributed by atoms with van der Waals surface area (Å²) in [7, 11) is 3.66. The van der Waals surface area contributed by atoms with Crippen LogP contribution in [0.5, 0.6) is 5.75 Å². The van der Waals surface area contributed by atoms with Crippen molar-refractivity contribution in [1.29, 1.82) is 0 Å². The van der Waals surface area contributed by atoms with Crippen molar-refractivity contribution >= 4 is 0 Å². The van der Waals surface area contributed by atoms with Crippen molar-refractivity contribution in [3.8, 4) is 5.75 Å². The maximum atomic E-state index is 5.40. The highest BCUT2D eigenvalue weighted by Crippen LogP contribution is 2.25. The maximum absolute atomic E-state index is 5.40. The lowest BCUT2D eigenvalue weighted by atomic mass is 10.0. The van der Waals surface area contributed by atoms with E-state index in [-0.39, 0.29) is 6.04 Å². The fraction of sp³-hybridized carbons (Fsp3) is 0.333. The van der Waals surface area contributed by atoms with Crippen LogP contribution in [0.25, 0.3) is 0 Å². The topological polar surface area (TPSA) is 34.4 Å². The monoisotopic (exact) mass is 245 g/mol. The van der Waals surface area contributed by atoms with Gasteiger partial charge in [-0.05, 0) is 43.3 Å². The molecule has 2 aromatic rings. The number of likely N-dealkylation sites (N-methyl/N-ethyl adjacent to an activating group) is 1. The highest BCUT2D eigenvalue weighted by atomic mass is 16.5. The van der Waals surface area contributed by atoms with Crippen LogP contribution in [-0.2, 0) is 6.42 Å². The van der Waals surface area contributed by atoms with Gasteiger partial charge in [0.1, 0.15) is 11.5 Å². The second-order valence-electron chi connectivity index (χ2n) is 4.35. The van der Waals surface area contributed by atoms with E-state index in [0.29, 0.717) is 0 Å². The van der Waals surface area contributed by atoms with Gasteiger partial charge in [0.15, 0.2) is 0 Å². The standard InChI is InChI=1S/C15H19NO2/c1-11-6-7-12(9-15(11)17-3)14(16-2)10-13-5-4-8-18-13/h4-9,14,16H,10H2,1-3H3. The molecular weight excluding hydrogens is 226 g/mol. The predicted octanol–water partition coefficient (Wildman–Crippen LogP) is 3.10. The summed E-state index contributed by atoms with van der Waals surface area (Å²) in [5.41, 5.74) is 2.35. The third-order valence-electron chi connectivity index (χ3n) is 3.17. The molecule has 1 aromatic heterocycles. The average molecular weight is 245 g/mol. The third-order valence-corrected chi connectivity index (χ3v) is 3.17. The Morgan fingerprint density at radius 3 is 2.78 bits per heavy atom. The van der Waals surface area contributed by atoms with Gasteiger partial charge in [-0.15, -0.1) is 0 Å². The predicted molar refractivity (Wildman–Crippen MR) is 71.9 cm³/mol. The Kier molecular flexibility index (Phi) is 4.05. The van der Waals surface area contributed by atoms with E-state index in [1.807, 2.05) is 26.1 Å². The minimum absolute atomic E-state index is 0.227. The second-order valence-corrected chi connectivity index (χ2v) is 4.35. The Hall–Kier alpha value is -1.74. The van der Waals surface area contributed by atoms with E-state index in [1.165, 1.54) is 5.56 Å². The molecule has 1 N–H and O–H groups in total. The van der Waals surface area contributed by atoms with Gasteiger partial charge in [-0.3, -0.25) is 0 Å². The van der Waals surface area contributed by atoms with Gasteiger partial charge in [0, 0.05) is 12.5 Å². The van der Waals surface area contributed by atoms with E-state index in [4.69, 9.17) is 9.15 Å². The summed E-state index contributed by atoms with van der Waals surface area (Å²) >= 11 is 0. The summed E-state index contributed by atoms with van der Waals surface area (Å²) in [5.74, 6) is 1.90. The summed E-state index contributed by atoms with van der Waals surface area (Å²) in [6, 6.07) is 10.4. The van der Waals surface area contributed by atoms with E-state index in [9.17, 15) is 0 Å². The molecule has 0 saturated carbocycles. The molecule has 96 valence electrons. The molecule has 3 heteroatoms. The van der Waals surface area contributed by atoms with Gasteiger partial charge in [0.2, 0.25) is 0 Å². The average Bonchev–Trinajstić information content (AvgIpc) is 2.89. The third kappa shape index (κ3) is 2.74. The highest BCUT2D eigenvalue weighted by molar-refractivity contribution is 5.38. The Labute approximate surface area is 108 Å². The van der Waals surface area contributed by atoms with E-state index in [1.54, 1.807) is 13.4 Å². The molecule has 0 aliphatic heterocycles. The van der Waals surface area contributed by atoms with E-state index < -0.39 is 0 Å². The number of furan rings is 1. The normalized spacial score (nSPS) is 12.4. The summed E-state index contributed by atoms with van der Waals surface area (Å²) in [5, 5.41) is 3.31. The number of methoxy groups -OCH3 is 1. The van der Waals surface area contributed by atoms with Crippen molar-refractivity contribution < 1.29 is 9.15 Å². The van der Waals surface area contributed by atoms with Crippen LogP contribution in [0.4, 0.5) is 0 Å². The van der Waals surface area contributed by atoms with E-state index in [0.717, 1.165) is 23.5 Å². The Morgan fingerprint density at radius 1 is 1.33 bits per heavy atom. The smallest absolute Gasteiger partial charge is 0.122 e. The number of aryl methyl sites for hydroxylation is 1. The van der Waals surface area contributed by atoms with Crippen molar-refractivity contribution in [3.05, 3.63) is 53.5 Å². The van der Waals surface area contributed by atoms with Gasteiger partial charge >= 0.3 is 0 Å². The number of rotatable bonds is 5. The molecule has 3 nitrogen and oxygen atoms in total. The molecule has 0 amide bonds. The molecule has 2 rings (SSSR count). The van der Waals surface area contributed by atoms with Crippen LogP contribution in [0.15, 0.2) is 41.0 Å². The van der Waals surface area contributed by atoms with E-state index in [2.05, 4.69) is 23.5 Å². The molecule has 0 bridgehead atoms. The lowest BCUT2D eigenvalue weighted by molar-refractivity contribution is 0.409. The van der Waals surface area contributed by atoms with Crippen molar-refractivity contribution in [2.45, 2.75) is 19.4 Å². The summed E-state index contributed by atoms with van der Waals surface area (Å²) in [6.45, 7) is 2.05. The Bertz CT molecular complexity index is 491. The number of benzene rings is 1. The van der Waals surface area contributed by atoms with Crippen LogP contribution in [0.1, 0.15) is 22.9 Å². The first-order valence-electron chi connectivity index (χ1n) is 6.08. The SMILES string of the molecule is CNC(Cc1ccco1)c1ccc(C)c(OC)c1. The molecule has 0 saturated heterocycles. The molecule has 0 radical (unpaired) electrons. The van der Waals surface area contributed by atoms with Gasteiger partial charge in [-0.2, -0.15) is 0 Å². The van der Waals surface area contributed by atoms with Crippen LogP contribution in [0.3, 0.4) is 0 Å². The first-order chi connectivity index (χ1) is 8.74. The molecule has 1 unspecified atom stereocenters. The van der Waals surface area contributed by atoms with Crippen LogP contribution in [-0.4, -0.2) is 14.2 Å². The van der Waals surface area contributed by atoms with Crippen LogP contribution in [0.2, 0.25) is 0 Å². The van der Waals surface area contributed by atoms with Gasteiger partial charge in [0.05, 0.1) is 13.4 Å². The molecule has 0 fully saturated rings. The molecule has 1 aromatic carbocycles. The van der Waals surface area contributed by atoms with Crippen molar-refractivity contribution in [3.63, 3.8) is 0 Å². The lowest BCUT2D eigenvalue weighted by Gasteiger charge is -2.17. The van der Waals surface area contributed by atoms with Crippen LogP contribution < -0.4 is 10.1 Å². The minimum atomic E-state index is 0.227. The second kappa shape index (κ2) is 5.74. The number of nitrogens with one attached hydrogen (secondary N) is 1. The largest absolute Gasteiger partial charge is 0.496 e. The molecule has 0 aliphatic rings. The highest BCUT2D eigenvalue weighted by Gasteiger charge is 2.13. The first-order valence-corrected chi connectivity index (χ1v) is 6.08. The van der Waals surface area contributed by atoms with Gasteiger partial charge in [-0.25, -0.2) is 0 Å². The first kappa shape index (κ1) is 12.7. The summed E-state index contributed by atoms with van der Waals surface area (Å²) in [6.07, 6.45) is 2.54. The molecular formula is C15H19NO2.